The third-order valence-corrected chi connectivity index (χ3v) is 7.23. The number of benzene rings is 1. The third kappa shape index (κ3) is 5.73. The number of nitrogens with zero attached hydrogens (tertiary/aromatic N) is 2. The van der Waals surface area contributed by atoms with Gasteiger partial charge in [0.2, 0.25) is 0 Å². The Morgan fingerprint density at radius 2 is 1.80 bits per heavy atom. The van der Waals surface area contributed by atoms with Crippen molar-refractivity contribution in [3.8, 4) is 11.3 Å². The molecule has 5 heteroatoms. The molecular formula is C30H43N3O2. The van der Waals surface area contributed by atoms with Crippen molar-refractivity contribution < 1.29 is 5.11 Å². The Morgan fingerprint density at radius 1 is 1.11 bits per heavy atom. The smallest absolute Gasteiger partial charge is 0.253 e. The van der Waals surface area contributed by atoms with Crippen LogP contribution in [0, 0.1) is 12.8 Å². The maximum Gasteiger partial charge on any atom is 0.253 e. The number of pyridine rings is 1. The Balaban J connectivity index is 1.69. The fourth-order valence-electron chi connectivity index (χ4n) is 5.73. The molecule has 4 rings (SSSR count). The molecule has 2 aromatic heterocycles. The van der Waals surface area contributed by atoms with Crippen LogP contribution in [0.1, 0.15) is 82.9 Å². The van der Waals surface area contributed by atoms with E-state index in [1.54, 1.807) is 0 Å². The highest BCUT2D eigenvalue weighted by molar-refractivity contribution is 5.92. The van der Waals surface area contributed by atoms with E-state index in [4.69, 9.17) is 0 Å². The minimum absolute atomic E-state index is 0.0999. The molecular weight excluding hydrogens is 434 g/mol. The Labute approximate surface area is 210 Å². The van der Waals surface area contributed by atoms with E-state index in [9.17, 15) is 9.90 Å². The van der Waals surface area contributed by atoms with Gasteiger partial charge in [0, 0.05) is 41.3 Å². The molecule has 0 aliphatic carbocycles. The lowest BCUT2D eigenvalue weighted by Crippen LogP contribution is -2.42. The molecule has 0 unspecified atom stereocenters. The monoisotopic (exact) mass is 477 g/mol. The molecule has 1 aliphatic heterocycles. The second kappa shape index (κ2) is 9.94. The SMILES string of the molecule is Cc1cc(-c2[nH]c3ccc(C4CCN(CC(C)(C)O)CC4)cc3c2C(C)C)cn(CC(C)C)c1=O. The van der Waals surface area contributed by atoms with E-state index in [0.717, 1.165) is 61.4 Å². The van der Waals surface area contributed by atoms with Crippen LogP contribution in [0.2, 0.25) is 0 Å². The molecule has 1 fully saturated rings. The number of fused-ring (bicyclic) bond motifs is 1. The number of β-amino-alcohol motifs (C(OH)–C–C–N with tert-alkyl or cyclic N) is 1. The average Bonchev–Trinajstić information content (AvgIpc) is 3.15. The summed E-state index contributed by atoms with van der Waals surface area (Å²) in [6.45, 7) is 18.0. The van der Waals surface area contributed by atoms with E-state index in [-0.39, 0.29) is 5.56 Å². The summed E-state index contributed by atoms with van der Waals surface area (Å²) in [5, 5.41) is 11.5. The fraction of sp³-hybridized carbons (Fsp3) is 0.567. The van der Waals surface area contributed by atoms with Gasteiger partial charge in [0.1, 0.15) is 0 Å². The van der Waals surface area contributed by atoms with Crippen molar-refractivity contribution in [1.82, 2.24) is 14.5 Å². The minimum Gasteiger partial charge on any atom is -0.389 e. The molecule has 1 saturated heterocycles. The van der Waals surface area contributed by atoms with E-state index >= 15 is 0 Å². The number of aliphatic hydroxyl groups is 1. The molecule has 3 heterocycles. The molecule has 0 bridgehead atoms. The second-order valence-corrected chi connectivity index (χ2v) is 12.0. The zero-order valence-electron chi connectivity index (χ0n) is 22.6. The number of hydrogen-bond acceptors (Lipinski definition) is 3. The van der Waals surface area contributed by atoms with E-state index in [1.165, 1.54) is 16.5 Å². The Hall–Kier alpha value is -2.37. The number of likely N-dealkylation sites (tertiary alicyclic amines) is 1. The number of aromatic amines is 1. The van der Waals surface area contributed by atoms with Crippen LogP contribution in [-0.4, -0.2) is 44.8 Å². The minimum atomic E-state index is -0.643. The summed E-state index contributed by atoms with van der Waals surface area (Å²) in [5.41, 5.74) is 6.36. The molecule has 0 saturated carbocycles. The number of rotatable bonds is 7. The van der Waals surface area contributed by atoms with Crippen LogP contribution < -0.4 is 5.56 Å². The summed E-state index contributed by atoms with van der Waals surface area (Å²) in [6, 6.07) is 8.96. The predicted molar refractivity (Wildman–Crippen MR) is 146 cm³/mol. The quantitative estimate of drug-likeness (QED) is 0.436. The number of nitrogens with one attached hydrogen (secondary N) is 1. The van der Waals surface area contributed by atoms with Crippen LogP contribution in [0.5, 0.6) is 0 Å². The van der Waals surface area contributed by atoms with E-state index in [0.29, 0.717) is 17.8 Å². The number of piperidine rings is 1. The van der Waals surface area contributed by atoms with Crippen molar-refractivity contribution in [2.75, 3.05) is 19.6 Å². The number of aromatic nitrogens is 2. The second-order valence-electron chi connectivity index (χ2n) is 12.0. The first-order valence-electron chi connectivity index (χ1n) is 13.2. The molecule has 35 heavy (non-hydrogen) atoms. The highest BCUT2D eigenvalue weighted by Crippen LogP contribution is 2.38. The highest BCUT2D eigenvalue weighted by atomic mass is 16.3. The number of aryl methyl sites for hydroxylation is 1. The van der Waals surface area contributed by atoms with E-state index < -0.39 is 5.60 Å². The average molecular weight is 478 g/mol. The topological polar surface area (TPSA) is 61.3 Å². The molecule has 190 valence electrons. The van der Waals surface area contributed by atoms with Gasteiger partial charge in [-0.05, 0) is 93.8 Å². The van der Waals surface area contributed by atoms with Crippen molar-refractivity contribution >= 4 is 10.9 Å². The maximum absolute atomic E-state index is 12.7. The molecule has 1 aromatic carbocycles. The molecule has 1 aliphatic rings. The Morgan fingerprint density at radius 3 is 2.40 bits per heavy atom. The van der Waals surface area contributed by atoms with Crippen LogP contribution in [0.15, 0.2) is 35.3 Å². The summed E-state index contributed by atoms with van der Waals surface area (Å²) < 4.78 is 1.87. The van der Waals surface area contributed by atoms with Crippen LogP contribution in [-0.2, 0) is 6.54 Å². The van der Waals surface area contributed by atoms with Gasteiger partial charge < -0.3 is 19.6 Å². The lowest BCUT2D eigenvalue weighted by molar-refractivity contribution is 0.0282. The van der Waals surface area contributed by atoms with Crippen molar-refractivity contribution in [2.45, 2.75) is 85.3 Å². The van der Waals surface area contributed by atoms with E-state index in [1.807, 2.05) is 37.6 Å². The van der Waals surface area contributed by atoms with Gasteiger partial charge in [-0.3, -0.25) is 4.79 Å². The van der Waals surface area contributed by atoms with Crippen LogP contribution in [0.3, 0.4) is 0 Å². The van der Waals surface area contributed by atoms with Crippen molar-refractivity contribution in [3.63, 3.8) is 0 Å². The van der Waals surface area contributed by atoms with Gasteiger partial charge in [-0.25, -0.2) is 0 Å². The summed E-state index contributed by atoms with van der Waals surface area (Å²) in [7, 11) is 0. The first-order valence-corrected chi connectivity index (χ1v) is 13.2. The summed E-state index contributed by atoms with van der Waals surface area (Å²) in [4.78, 5) is 18.8. The summed E-state index contributed by atoms with van der Waals surface area (Å²) in [5.74, 6) is 1.31. The Kier molecular flexibility index (Phi) is 7.31. The van der Waals surface area contributed by atoms with Crippen molar-refractivity contribution in [1.29, 1.82) is 0 Å². The maximum atomic E-state index is 12.7. The molecule has 0 radical (unpaired) electrons. The van der Waals surface area contributed by atoms with Crippen LogP contribution in [0.25, 0.3) is 22.2 Å². The highest BCUT2D eigenvalue weighted by Gasteiger charge is 2.26. The van der Waals surface area contributed by atoms with Crippen LogP contribution in [0.4, 0.5) is 0 Å². The largest absolute Gasteiger partial charge is 0.389 e. The van der Waals surface area contributed by atoms with Gasteiger partial charge >= 0.3 is 0 Å². The molecule has 0 amide bonds. The first-order chi connectivity index (χ1) is 16.4. The lowest BCUT2D eigenvalue weighted by atomic mass is 9.87. The molecule has 2 N–H and O–H groups in total. The Bertz CT molecular complexity index is 1230. The molecule has 3 aromatic rings. The zero-order chi connectivity index (χ0) is 25.5. The zero-order valence-corrected chi connectivity index (χ0v) is 22.6. The van der Waals surface area contributed by atoms with Crippen molar-refractivity contribution in [3.05, 3.63) is 57.5 Å². The van der Waals surface area contributed by atoms with Gasteiger partial charge in [0.15, 0.2) is 0 Å². The summed E-state index contributed by atoms with van der Waals surface area (Å²) >= 11 is 0. The first kappa shape index (κ1) is 25.7. The molecule has 0 atom stereocenters. The van der Waals surface area contributed by atoms with Crippen molar-refractivity contribution in [2.24, 2.45) is 5.92 Å². The standard InChI is InChI=1S/C30H43N3O2/c1-19(2)16-33-17-24(14-21(5)29(33)34)28-27(20(3)4)25-15-23(8-9-26(25)31-28)22-10-12-32(13-11-22)18-30(6,7)35/h8-9,14-15,17,19-20,22,31,35H,10-13,16,18H2,1-7H3. The number of H-pyrrole nitrogens is 1. The van der Waals surface area contributed by atoms with Gasteiger partial charge in [-0.2, -0.15) is 0 Å². The number of hydrogen-bond donors (Lipinski definition) is 2. The fourth-order valence-corrected chi connectivity index (χ4v) is 5.73. The normalized spacial score (nSPS) is 16.2. The van der Waals surface area contributed by atoms with E-state index in [2.05, 4.69) is 55.8 Å². The van der Waals surface area contributed by atoms with Crippen LogP contribution >= 0.6 is 0 Å². The van der Waals surface area contributed by atoms with Gasteiger partial charge in [0.25, 0.3) is 5.56 Å². The van der Waals surface area contributed by atoms with Gasteiger partial charge in [-0.15, -0.1) is 0 Å². The molecule has 5 nitrogen and oxygen atoms in total. The van der Waals surface area contributed by atoms with Gasteiger partial charge in [0.05, 0.1) is 11.3 Å². The lowest BCUT2D eigenvalue weighted by Gasteiger charge is -2.35. The molecule has 0 spiro atoms. The third-order valence-electron chi connectivity index (χ3n) is 7.23. The predicted octanol–water partition coefficient (Wildman–Crippen LogP) is 6.03. The van der Waals surface area contributed by atoms with Gasteiger partial charge in [-0.1, -0.05) is 33.8 Å². The summed E-state index contributed by atoms with van der Waals surface area (Å²) in [6.07, 6.45) is 4.27.